The van der Waals surface area contributed by atoms with Crippen LogP contribution in [0.15, 0.2) is 24.3 Å². The zero-order chi connectivity index (χ0) is 12.0. The van der Waals surface area contributed by atoms with E-state index in [0.29, 0.717) is 6.54 Å². The second-order valence-corrected chi connectivity index (χ2v) is 3.29. The van der Waals surface area contributed by atoms with E-state index in [4.69, 9.17) is 5.73 Å². The summed E-state index contributed by atoms with van der Waals surface area (Å²) in [5.74, 6) is -0.594. The van der Waals surface area contributed by atoms with Gasteiger partial charge in [-0.25, -0.2) is 0 Å². The summed E-state index contributed by atoms with van der Waals surface area (Å²) in [6.07, 6.45) is 0. The van der Waals surface area contributed by atoms with E-state index >= 15 is 0 Å². The zero-order valence-electron chi connectivity index (χ0n) is 8.68. The maximum atomic E-state index is 11.0. The predicted octanol–water partition coefficient (Wildman–Crippen LogP) is 0.0382. The molecule has 6 nitrogen and oxygen atoms in total. The molecular weight excluding hydrogens is 210 g/mol. The molecule has 0 heterocycles. The highest BCUT2D eigenvalue weighted by Crippen LogP contribution is 2.03. The third-order valence-electron chi connectivity index (χ3n) is 1.99. The SMILES string of the molecule is NCc1cccc(CNC(=O)C[N+](=O)[O-])c1. The first kappa shape index (κ1) is 12.1. The van der Waals surface area contributed by atoms with Gasteiger partial charge in [-0.3, -0.25) is 14.9 Å². The third-order valence-corrected chi connectivity index (χ3v) is 1.99. The Morgan fingerprint density at radius 3 is 2.75 bits per heavy atom. The van der Waals surface area contributed by atoms with Crippen molar-refractivity contribution in [2.45, 2.75) is 13.1 Å². The number of nitrogens with two attached hydrogens (primary N) is 1. The molecule has 0 saturated heterocycles. The van der Waals surface area contributed by atoms with Gasteiger partial charge in [0.25, 0.3) is 12.5 Å². The van der Waals surface area contributed by atoms with Crippen molar-refractivity contribution in [2.75, 3.05) is 6.54 Å². The lowest BCUT2D eigenvalue weighted by Gasteiger charge is -2.04. The Morgan fingerprint density at radius 2 is 2.12 bits per heavy atom. The van der Waals surface area contributed by atoms with Crippen molar-refractivity contribution in [1.82, 2.24) is 5.32 Å². The molecule has 0 aliphatic heterocycles. The summed E-state index contributed by atoms with van der Waals surface area (Å²) in [6, 6.07) is 7.39. The van der Waals surface area contributed by atoms with Crippen LogP contribution in [-0.2, 0) is 17.9 Å². The molecule has 1 aromatic carbocycles. The highest BCUT2D eigenvalue weighted by atomic mass is 16.6. The standard InChI is InChI=1S/C10H13N3O3/c11-5-8-2-1-3-9(4-8)6-12-10(14)7-13(15)16/h1-4H,5-7,11H2,(H,12,14). The summed E-state index contributed by atoms with van der Waals surface area (Å²) in [4.78, 5) is 20.4. The molecule has 16 heavy (non-hydrogen) atoms. The number of nitro groups is 1. The van der Waals surface area contributed by atoms with Crippen molar-refractivity contribution < 1.29 is 9.72 Å². The van der Waals surface area contributed by atoms with Crippen molar-refractivity contribution in [3.8, 4) is 0 Å². The van der Waals surface area contributed by atoms with Gasteiger partial charge < -0.3 is 11.1 Å². The molecule has 1 rings (SSSR count). The number of nitrogens with zero attached hydrogens (tertiary/aromatic N) is 1. The quantitative estimate of drug-likeness (QED) is 0.543. The molecule has 0 aliphatic rings. The lowest BCUT2D eigenvalue weighted by Crippen LogP contribution is -2.29. The molecule has 6 heteroatoms. The lowest BCUT2D eigenvalue weighted by molar-refractivity contribution is -0.467. The minimum absolute atomic E-state index is 0.278. The van der Waals surface area contributed by atoms with Crippen LogP contribution in [0.2, 0.25) is 0 Å². The molecule has 86 valence electrons. The van der Waals surface area contributed by atoms with Gasteiger partial charge in [0, 0.05) is 18.0 Å². The fourth-order valence-electron chi connectivity index (χ4n) is 1.24. The normalized spacial score (nSPS) is 9.81. The molecule has 0 fully saturated rings. The molecule has 1 aromatic rings. The van der Waals surface area contributed by atoms with Crippen LogP contribution in [0.3, 0.4) is 0 Å². The van der Waals surface area contributed by atoms with Crippen molar-refractivity contribution in [1.29, 1.82) is 0 Å². The highest BCUT2D eigenvalue weighted by Gasteiger charge is 2.08. The number of hydrogen-bond acceptors (Lipinski definition) is 4. The van der Waals surface area contributed by atoms with E-state index in [-0.39, 0.29) is 6.54 Å². The Hall–Kier alpha value is -1.95. The van der Waals surface area contributed by atoms with E-state index in [2.05, 4.69) is 5.32 Å². The smallest absolute Gasteiger partial charge is 0.292 e. The number of nitrogens with one attached hydrogen (secondary N) is 1. The zero-order valence-corrected chi connectivity index (χ0v) is 8.68. The van der Waals surface area contributed by atoms with Crippen LogP contribution >= 0.6 is 0 Å². The van der Waals surface area contributed by atoms with Crippen LogP contribution < -0.4 is 11.1 Å². The number of carbonyl (C=O) groups is 1. The average Bonchev–Trinajstić information content (AvgIpc) is 2.26. The van der Waals surface area contributed by atoms with Gasteiger partial charge in [-0.1, -0.05) is 24.3 Å². The molecule has 0 unspecified atom stereocenters. The molecule has 1 amide bonds. The van der Waals surface area contributed by atoms with Crippen LogP contribution in [0.1, 0.15) is 11.1 Å². The first-order valence-corrected chi connectivity index (χ1v) is 4.78. The molecule has 0 atom stereocenters. The first-order chi connectivity index (χ1) is 7.61. The summed E-state index contributed by atoms with van der Waals surface area (Å²) in [6.45, 7) is 0.00772. The largest absolute Gasteiger partial charge is 0.346 e. The van der Waals surface area contributed by atoms with E-state index in [1.165, 1.54) is 0 Å². The number of carbonyl (C=O) groups excluding carboxylic acids is 1. The van der Waals surface area contributed by atoms with Gasteiger partial charge in [0.05, 0.1) is 0 Å². The molecule has 0 aromatic heterocycles. The molecule has 0 spiro atoms. The fourth-order valence-corrected chi connectivity index (χ4v) is 1.24. The van der Waals surface area contributed by atoms with Crippen LogP contribution in [0.4, 0.5) is 0 Å². The van der Waals surface area contributed by atoms with Crippen LogP contribution in [-0.4, -0.2) is 17.4 Å². The van der Waals surface area contributed by atoms with Gasteiger partial charge in [0.2, 0.25) is 0 Å². The second-order valence-electron chi connectivity index (χ2n) is 3.29. The second kappa shape index (κ2) is 5.82. The minimum Gasteiger partial charge on any atom is -0.346 e. The molecule has 0 saturated carbocycles. The third kappa shape index (κ3) is 4.05. The summed E-state index contributed by atoms with van der Waals surface area (Å²) in [5.41, 5.74) is 7.30. The van der Waals surface area contributed by atoms with Gasteiger partial charge in [0.15, 0.2) is 0 Å². The number of amides is 1. The number of rotatable bonds is 5. The molecule has 0 radical (unpaired) electrons. The Balaban J connectivity index is 2.47. The topological polar surface area (TPSA) is 98.3 Å². The van der Waals surface area contributed by atoms with Crippen molar-refractivity contribution >= 4 is 5.91 Å². The van der Waals surface area contributed by atoms with Crippen molar-refractivity contribution in [2.24, 2.45) is 5.73 Å². The van der Waals surface area contributed by atoms with Crippen LogP contribution in [0.25, 0.3) is 0 Å². The van der Waals surface area contributed by atoms with E-state index in [9.17, 15) is 14.9 Å². The number of hydrogen-bond donors (Lipinski definition) is 2. The fraction of sp³-hybridized carbons (Fsp3) is 0.300. The van der Waals surface area contributed by atoms with E-state index in [1.54, 1.807) is 0 Å². The summed E-state index contributed by atoms with van der Waals surface area (Å²) < 4.78 is 0. The summed E-state index contributed by atoms with van der Waals surface area (Å²) in [7, 11) is 0. The summed E-state index contributed by atoms with van der Waals surface area (Å²) >= 11 is 0. The maximum absolute atomic E-state index is 11.0. The minimum atomic E-state index is -0.698. The van der Waals surface area contributed by atoms with Crippen molar-refractivity contribution in [3.63, 3.8) is 0 Å². The van der Waals surface area contributed by atoms with Gasteiger partial charge in [-0.05, 0) is 11.1 Å². The molecule has 0 aliphatic carbocycles. The molecule has 0 bridgehead atoms. The Labute approximate surface area is 92.6 Å². The highest BCUT2D eigenvalue weighted by molar-refractivity contribution is 5.76. The summed E-state index contributed by atoms with van der Waals surface area (Å²) in [5, 5.41) is 12.5. The van der Waals surface area contributed by atoms with Crippen molar-refractivity contribution in [3.05, 3.63) is 45.5 Å². The predicted molar refractivity (Wildman–Crippen MR) is 58.0 cm³/mol. The number of benzene rings is 1. The Bertz CT molecular complexity index is 393. The maximum Gasteiger partial charge on any atom is 0.292 e. The molecular formula is C10H13N3O3. The Morgan fingerprint density at radius 1 is 1.44 bits per heavy atom. The van der Waals surface area contributed by atoms with E-state index in [1.807, 2.05) is 24.3 Å². The van der Waals surface area contributed by atoms with Crippen LogP contribution in [0.5, 0.6) is 0 Å². The monoisotopic (exact) mass is 223 g/mol. The van der Waals surface area contributed by atoms with Gasteiger partial charge in [0.1, 0.15) is 0 Å². The molecule has 3 N–H and O–H groups in total. The van der Waals surface area contributed by atoms with Gasteiger partial charge >= 0.3 is 0 Å². The lowest BCUT2D eigenvalue weighted by atomic mass is 10.1. The Kier molecular flexibility index (Phi) is 4.41. The van der Waals surface area contributed by atoms with E-state index < -0.39 is 17.4 Å². The van der Waals surface area contributed by atoms with Gasteiger partial charge in [-0.2, -0.15) is 0 Å². The van der Waals surface area contributed by atoms with Crippen LogP contribution in [0, 0.1) is 10.1 Å². The van der Waals surface area contributed by atoms with E-state index in [0.717, 1.165) is 11.1 Å². The average molecular weight is 223 g/mol. The van der Waals surface area contributed by atoms with Gasteiger partial charge in [-0.15, -0.1) is 0 Å². The first-order valence-electron chi connectivity index (χ1n) is 4.78.